The van der Waals surface area contributed by atoms with E-state index in [1.807, 2.05) is 20.8 Å². The van der Waals surface area contributed by atoms with Crippen molar-refractivity contribution in [3.63, 3.8) is 0 Å². The zero-order valence-electron chi connectivity index (χ0n) is 15.4. The molecule has 1 amide bonds. The normalized spacial score (nSPS) is 20.9. The van der Waals surface area contributed by atoms with Crippen molar-refractivity contribution in [1.29, 1.82) is 0 Å². The van der Waals surface area contributed by atoms with E-state index in [1.54, 1.807) is 13.0 Å². The molecule has 138 valence electrons. The second kappa shape index (κ2) is 7.25. The molecule has 2 heterocycles. The minimum atomic E-state index is -0.517. The Labute approximate surface area is 147 Å². The zero-order chi connectivity index (χ0) is 18.8. The molecule has 8 heteroatoms. The molecule has 0 radical (unpaired) electrons. The van der Waals surface area contributed by atoms with E-state index in [-0.39, 0.29) is 17.8 Å². The molecular weight excluding hydrogens is 324 g/mol. The van der Waals surface area contributed by atoms with Crippen LogP contribution in [0, 0.1) is 17.0 Å². The molecule has 0 aromatic carbocycles. The Hall–Kier alpha value is -2.38. The number of hydrogen-bond donors (Lipinski definition) is 1. The number of hydrogen-bond acceptors (Lipinski definition) is 6. The van der Waals surface area contributed by atoms with Gasteiger partial charge in [0, 0.05) is 24.7 Å². The van der Waals surface area contributed by atoms with Crippen molar-refractivity contribution in [2.45, 2.75) is 65.1 Å². The molecule has 0 spiro atoms. The molecule has 1 fully saturated rings. The summed E-state index contributed by atoms with van der Waals surface area (Å²) in [6, 6.07) is 3.38. The predicted molar refractivity (Wildman–Crippen MR) is 94.8 cm³/mol. The van der Waals surface area contributed by atoms with Crippen LogP contribution >= 0.6 is 0 Å². The average molecular weight is 350 g/mol. The maximum atomic E-state index is 11.9. The molecular formula is C17H26N4O4. The van der Waals surface area contributed by atoms with E-state index in [0.29, 0.717) is 12.2 Å². The summed E-state index contributed by atoms with van der Waals surface area (Å²) in [5.74, 6) is 0.728. The Kier molecular flexibility index (Phi) is 5.49. The highest BCUT2D eigenvalue weighted by Crippen LogP contribution is 2.26. The molecule has 2 atom stereocenters. The lowest BCUT2D eigenvalue weighted by Crippen LogP contribution is -2.50. The molecule has 0 bridgehead atoms. The molecule has 0 saturated carbocycles. The van der Waals surface area contributed by atoms with Gasteiger partial charge in [0.1, 0.15) is 17.1 Å². The number of rotatable bonds is 3. The van der Waals surface area contributed by atoms with Crippen molar-refractivity contribution in [3.05, 3.63) is 27.9 Å². The van der Waals surface area contributed by atoms with Crippen molar-refractivity contribution in [2.24, 2.45) is 0 Å². The van der Waals surface area contributed by atoms with Gasteiger partial charge in [-0.2, -0.15) is 0 Å². The first kappa shape index (κ1) is 19.0. The van der Waals surface area contributed by atoms with Gasteiger partial charge in [-0.3, -0.25) is 10.1 Å². The number of pyridine rings is 1. The molecule has 1 N–H and O–H groups in total. The van der Waals surface area contributed by atoms with Crippen molar-refractivity contribution in [3.8, 4) is 0 Å². The van der Waals surface area contributed by atoms with Gasteiger partial charge in [-0.1, -0.05) is 0 Å². The number of nitrogens with zero attached hydrogens (tertiary/aromatic N) is 3. The molecule has 25 heavy (non-hydrogen) atoms. The Morgan fingerprint density at radius 2 is 2.12 bits per heavy atom. The monoisotopic (exact) mass is 350 g/mol. The molecule has 1 aromatic heterocycles. The summed E-state index contributed by atoms with van der Waals surface area (Å²) < 4.78 is 5.30. The summed E-state index contributed by atoms with van der Waals surface area (Å²) in [4.78, 5) is 28.9. The highest BCUT2D eigenvalue weighted by atomic mass is 16.6. The number of amides is 1. The number of piperidine rings is 1. The SMILES string of the molecule is Cc1nc(N2CCC(NC(=O)OC(C)(C)C)CC2C)ccc1[N+](=O)[O-]. The summed E-state index contributed by atoms with van der Waals surface area (Å²) in [5.41, 5.74) is -0.0852. The highest BCUT2D eigenvalue weighted by molar-refractivity contribution is 5.68. The van der Waals surface area contributed by atoms with E-state index in [4.69, 9.17) is 4.74 Å². The van der Waals surface area contributed by atoms with Crippen molar-refractivity contribution in [1.82, 2.24) is 10.3 Å². The topological polar surface area (TPSA) is 97.6 Å². The number of carbonyl (C=O) groups is 1. The molecule has 1 aromatic rings. The number of alkyl carbamates (subject to hydrolysis) is 1. The van der Waals surface area contributed by atoms with Gasteiger partial charge in [0.05, 0.1) is 4.92 Å². The summed E-state index contributed by atoms with van der Waals surface area (Å²) in [6.07, 6.45) is 1.13. The second-order valence-electron chi connectivity index (χ2n) is 7.44. The van der Waals surface area contributed by atoms with Crippen LogP contribution in [0.5, 0.6) is 0 Å². The third-order valence-corrected chi connectivity index (χ3v) is 4.13. The first-order valence-corrected chi connectivity index (χ1v) is 8.45. The summed E-state index contributed by atoms with van der Waals surface area (Å²) in [7, 11) is 0. The van der Waals surface area contributed by atoms with Crippen molar-refractivity contribution < 1.29 is 14.5 Å². The van der Waals surface area contributed by atoms with Gasteiger partial charge < -0.3 is 15.0 Å². The van der Waals surface area contributed by atoms with Crippen LogP contribution in [0.4, 0.5) is 16.3 Å². The third kappa shape index (κ3) is 5.04. The predicted octanol–water partition coefficient (Wildman–Crippen LogP) is 3.18. The number of carbonyl (C=O) groups excluding carboxylic acids is 1. The third-order valence-electron chi connectivity index (χ3n) is 4.13. The summed E-state index contributed by atoms with van der Waals surface area (Å²) in [5, 5.41) is 13.8. The van der Waals surface area contributed by atoms with E-state index < -0.39 is 16.6 Å². The molecule has 2 rings (SSSR count). The minimum absolute atomic E-state index is 0.0258. The molecule has 1 aliphatic rings. The van der Waals surface area contributed by atoms with Crippen LogP contribution in [0.2, 0.25) is 0 Å². The van der Waals surface area contributed by atoms with Gasteiger partial charge in [-0.15, -0.1) is 0 Å². The van der Waals surface area contributed by atoms with Gasteiger partial charge in [0.15, 0.2) is 0 Å². The average Bonchev–Trinajstić information content (AvgIpc) is 2.44. The first-order valence-electron chi connectivity index (χ1n) is 8.45. The zero-order valence-corrected chi connectivity index (χ0v) is 15.4. The van der Waals surface area contributed by atoms with Gasteiger partial charge in [0.25, 0.3) is 5.69 Å². The fourth-order valence-corrected chi connectivity index (χ4v) is 3.01. The summed E-state index contributed by atoms with van der Waals surface area (Å²) in [6.45, 7) is 9.91. The number of nitro groups is 1. The van der Waals surface area contributed by atoms with Gasteiger partial charge >= 0.3 is 6.09 Å². The van der Waals surface area contributed by atoms with E-state index in [1.165, 1.54) is 6.07 Å². The molecule has 2 unspecified atom stereocenters. The number of anilines is 1. The van der Waals surface area contributed by atoms with Gasteiger partial charge in [-0.05, 0) is 53.5 Å². The fourth-order valence-electron chi connectivity index (χ4n) is 3.01. The van der Waals surface area contributed by atoms with Crippen LogP contribution in [-0.2, 0) is 4.74 Å². The van der Waals surface area contributed by atoms with Crippen LogP contribution in [0.25, 0.3) is 0 Å². The standard InChI is InChI=1S/C17H26N4O4/c1-11-10-13(19-16(22)25-17(3,4)5)8-9-20(11)15-7-6-14(21(23)24)12(2)18-15/h6-7,11,13H,8-10H2,1-5H3,(H,19,22). The smallest absolute Gasteiger partial charge is 0.407 e. The maximum absolute atomic E-state index is 11.9. The van der Waals surface area contributed by atoms with E-state index in [0.717, 1.165) is 18.7 Å². The Morgan fingerprint density at radius 1 is 1.44 bits per heavy atom. The Balaban J connectivity index is 1.99. The maximum Gasteiger partial charge on any atom is 0.407 e. The van der Waals surface area contributed by atoms with E-state index in [2.05, 4.69) is 22.1 Å². The summed E-state index contributed by atoms with van der Waals surface area (Å²) >= 11 is 0. The van der Waals surface area contributed by atoms with Crippen molar-refractivity contribution in [2.75, 3.05) is 11.4 Å². The lowest BCUT2D eigenvalue weighted by molar-refractivity contribution is -0.385. The first-order chi connectivity index (χ1) is 11.6. The minimum Gasteiger partial charge on any atom is -0.444 e. The van der Waals surface area contributed by atoms with Crippen LogP contribution in [0.1, 0.15) is 46.2 Å². The fraction of sp³-hybridized carbons (Fsp3) is 0.647. The Bertz CT molecular complexity index is 657. The second-order valence-corrected chi connectivity index (χ2v) is 7.44. The molecule has 0 aliphatic carbocycles. The van der Waals surface area contributed by atoms with Gasteiger partial charge in [-0.25, -0.2) is 9.78 Å². The number of nitrogens with one attached hydrogen (secondary N) is 1. The van der Waals surface area contributed by atoms with Crippen LogP contribution in [-0.4, -0.2) is 40.2 Å². The molecule has 1 saturated heterocycles. The number of aromatic nitrogens is 1. The van der Waals surface area contributed by atoms with Crippen LogP contribution in [0.3, 0.4) is 0 Å². The lowest BCUT2D eigenvalue weighted by Gasteiger charge is -2.38. The number of aryl methyl sites for hydroxylation is 1. The largest absolute Gasteiger partial charge is 0.444 e. The quantitative estimate of drug-likeness (QED) is 0.664. The van der Waals surface area contributed by atoms with Crippen molar-refractivity contribution >= 4 is 17.6 Å². The lowest BCUT2D eigenvalue weighted by atomic mass is 9.98. The van der Waals surface area contributed by atoms with E-state index in [9.17, 15) is 14.9 Å². The Morgan fingerprint density at radius 3 is 2.64 bits per heavy atom. The van der Waals surface area contributed by atoms with Crippen LogP contribution < -0.4 is 10.2 Å². The molecule has 8 nitrogen and oxygen atoms in total. The van der Waals surface area contributed by atoms with E-state index >= 15 is 0 Å². The molecule has 1 aliphatic heterocycles. The van der Waals surface area contributed by atoms with Crippen LogP contribution in [0.15, 0.2) is 12.1 Å². The van der Waals surface area contributed by atoms with Gasteiger partial charge in [0.2, 0.25) is 0 Å². The highest BCUT2D eigenvalue weighted by Gasteiger charge is 2.29. The number of ether oxygens (including phenoxy) is 1.